The second kappa shape index (κ2) is 13.6. The number of aromatic nitrogens is 6. The summed E-state index contributed by atoms with van der Waals surface area (Å²) in [5.41, 5.74) is 9.66. The summed E-state index contributed by atoms with van der Waals surface area (Å²) in [6.07, 6.45) is 3.70. The van der Waals surface area contributed by atoms with E-state index in [0.717, 1.165) is 66.7 Å². The normalized spacial score (nSPS) is 11.1. The van der Waals surface area contributed by atoms with Gasteiger partial charge >= 0.3 is 0 Å². The number of hydrogen-bond donors (Lipinski definition) is 0. The summed E-state index contributed by atoms with van der Waals surface area (Å²) < 4.78 is 0. The van der Waals surface area contributed by atoms with Crippen molar-refractivity contribution in [3.05, 3.63) is 182 Å². The third kappa shape index (κ3) is 6.32. The van der Waals surface area contributed by atoms with E-state index in [0.29, 0.717) is 23.3 Å². The highest BCUT2D eigenvalue weighted by Crippen LogP contribution is 2.32. The van der Waals surface area contributed by atoms with E-state index >= 15 is 0 Å². The van der Waals surface area contributed by atoms with Gasteiger partial charge in [-0.3, -0.25) is 4.98 Å². The van der Waals surface area contributed by atoms with Crippen molar-refractivity contribution in [1.29, 1.82) is 0 Å². The SMILES string of the molecule is c1ccc(-c2nc(-c3cccc(-c4ccc(-c5nc(-c6ccccc6)nc(-c6ccccc6)n5)cc4)c3)cc(-c3ccc4cnccc4c3)n2)cc1. The molecule has 0 bridgehead atoms. The van der Waals surface area contributed by atoms with Gasteiger partial charge in [0.25, 0.3) is 0 Å². The minimum atomic E-state index is 0.625. The predicted molar refractivity (Wildman–Crippen MR) is 209 cm³/mol. The zero-order valence-corrected chi connectivity index (χ0v) is 28.0. The summed E-state index contributed by atoms with van der Waals surface area (Å²) in [4.78, 5) is 29.0. The molecule has 6 aromatic carbocycles. The van der Waals surface area contributed by atoms with Gasteiger partial charge < -0.3 is 0 Å². The fraction of sp³-hybridized carbons (Fsp3) is 0. The summed E-state index contributed by atoms with van der Waals surface area (Å²) in [5.74, 6) is 2.58. The summed E-state index contributed by atoms with van der Waals surface area (Å²) >= 11 is 0. The van der Waals surface area contributed by atoms with Crippen LogP contribution >= 0.6 is 0 Å². The Morgan fingerprint density at radius 3 is 1.29 bits per heavy atom. The molecule has 6 heteroatoms. The van der Waals surface area contributed by atoms with Crippen molar-refractivity contribution in [1.82, 2.24) is 29.9 Å². The number of fused-ring (bicyclic) bond motifs is 1. The molecule has 0 N–H and O–H groups in total. The van der Waals surface area contributed by atoms with E-state index in [1.165, 1.54) is 0 Å². The molecule has 0 aliphatic heterocycles. The van der Waals surface area contributed by atoms with Crippen LogP contribution in [0.5, 0.6) is 0 Å². The average Bonchev–Trinajstić information content (AvgIpc) is 3.24. The second-order valence-electron chi connectivity index (χ2n) is 12.5. The highest BCUT2D eigenvalue weighted by atomic mass is 15.0. The fourth-order valence-electron chi connectivity index (χ4n) is 6.31. The van der Waals surface area contributed by atoms with Crippen LogP contribution in [0.3, 0.4) is 0 Å². The molecule has 0 saturated carbocycles. The molecule has 0 unspecified atom stereocenters. The van der Waals surface area contributed by atoms with E-state index in [2.05, 4.69) is 77.8 Å². The fourth-order valence-corrected chi connectivity index (χ4v) is 6.31. The number of benzene rings is 6. The Labute approximate surface area is 301 Å². The third-order valence-electron chi connectivity index (χ3n) is 9.03. The Hall–Kier alpha value is -7.18. The van der Waals surface area contributed by atoms with E-state index in [9.17, 15) is 0 Å². The van der Waals surface area contributed by atoms with Crippen LogP contribution < -0.4 is 0 Å². The van der Waals surface area contributed by atoms with Crippen LogP contribution in [0.4, 0.5) is 0 Å². The number of hydrogen-bond acceptors (Lipinski definition) is 6. The monoisotopic (exact) mass is 666 g/mol. The molecule has 3 heterocycles. The highest BCUT2D eigenvalue weighted by molar-refractivity contribution is 5.87. The molecule has 0 spiro atoms. The molecule has 0 atom stereocenters. The standard InChI is InChI=1S/C46H30N6/c1-4-11-32(12-5-1)43-48-41(29-42(49-43)39-23-24-40-30-47-26-25-37(40)28-39)38-18-10-17-36(27-38)31-19-21-35(22-20-31)46-51-44(33-13-6-2-7-14-33)50-45(52-46)34-15-8-3-9-16-34/h1-30H. The lowest BCUT2D eigenvalue weighted by atomic mass is 9.99. The first-order chi connectivity index (χ1) is 25.7. The van der Waals surface area contributed by atoms with Gasteiger partial charge in [-0.05, 0) is 40.8 Å². The second-order valence-corrected chi connectivity index (χ2v) is 12.5. The molecule has 0 fully saturated rings. The van der Waals surface area contributed by atoms with Gasteiger partial charge in [0.1, 0.15) is 0 Å². The molecule has 0 aliphatic rings. The van der Waals surface area contributed by atoms with Crippen molar-refractivity contribution in [2.75, 3.05) is 0 Å². The van der Waals surface area contributed by atoms with Crippen molar-refractivity contribution in [2.45, 2.75) is 0 Å². The third-order valence-corrected chi connectivity index (χ3v) is 9.03. The molecule has 0 aliphatic carbocycles. The summed E-state index contributed by atoms with van der Waals surface area (Å²) in [6, 6.07) is 57.5. The Morgan fingerprint density at radius 2 is 0.712 bits per heavy atom. The summed E-state index contributed by atoms with van der Waals surface area (Å²) in [5, 5.41) is 2.20. The maximum atomic E-state index is 5.07. The number of pyridine rings is 1. The van der Waals surface area contributed by atoms with E-state index in [4.69, 9.17) is 24.9 Å². The number of nitrogens with zero attached hydrogens (tertiary/aromatic N) is 6. The van der Waals surface area contributed by atoms with Crippen LogP contribution in [0, 0.1) is 0 Å². The highest BCUT2D eigenvalue weighted by Gasteiger charge is 2.14. The zero-order valence-electron chi connectivity index (χ0n) is 28.0. The van der Waals surface area contributed by atoms with Gasteiger partial charge in [0.2, 0.25) is 0 Å². The van der Waals surface area contributed by atoms with E-state index in [-0.39, 0.29) is 0 Å². The van der Waals surface area contributed by atoms with Crippen LogP contribution in [-0.4, -0.2) is 29.9 Å². The predicted octanol–water partition coefficient (Wildman–Crippen LogP) is 10.9. The first-order valence-electron chi connectivity index (χ1n) is 17.1. The average molecular weight is 667 g/mol. The van der Waals surface area contributed by atoms with Crippen molar-refractivity contribution in [3.8, 4) is 79.2 Å². The van der Waals surface area contributed by atoms with Crippen LogP contribution in [0.2, 0.25) is 0 Å². The Kier molecular flexibility index (Phi) is 8.08. The topological polar surface area (TPSA) is 77.3 Å². The van der Waals surface area contributed by atoms with Crippen molar-refractivity contribution in [2.24, 2.45) is 0 Å². The van der Waals surface area contributed by atoms with E-state index < -0.39 is 0 Å². The van der Waals surface area contributed by atoms with E-state index in [1.807, 2.05) is 109 Å². The summed E-state index contributed by atoms with van der Waals surface area (Å²) in [7, 11) is 0. The molecule has 52 heavy (non-hydrogen) atoms. The van der Waals surface area contributed by atoms with Gasteiger partial charge in [-0.25, -0.2) is 24.9 Å². The van der Waals surface area contributed by atoms with E-state index in [1.54, 1.807) is 0 Å². The van der Waals surface area contributed by atoms with Gasteiger partial charge in [0.05, 0.1) is 11.4 Å². The molecule has 244 valence electrons. The molecule has 0 radical (unpaired) electrons. The minimum Gasteiger partial charge on any atom is -0.264 e. The first kappa shape index (κ1) is 30.8. The lowest BCUT2D eigenvalue weighted by Crippen LogP contribution is -2.00. The molecule has 3 aromatic heterocycles. The Balaban J connectivity index is 1.08. The van der Waals surface area contributed by atoms with Gasteiger partial charge in [-0.1, -0.05) is 146 Å². The molecule has 0 saturated heterocycles. The van der Waals surface area contributed by atoms with Crippen LogP contribution in [0.25, 0.3) is 90.0 Å². The van der Waals surface area contributed by atoms with Gasteiger partial charge in [-0.2, -0.15) is 0 Å². The van der Waals surface area contributed by atoms with Gasteiger partial charge in [0, 0.05) is 51.2 Å². The maximum Gasteiger partial charge on any atom is 0.164 e. The largest absolute Gasteiger partial charge is 0.264 e. The summed E-state index contributed by atoms with van der Waals surface area (Å²) in [6.45, 7) is 0. The van der Waals surface area contributed by atoms with Crippen LogP contribution in [0.1, 0.15) is 0 Å². The van der Waals surface area contributed by atoms with Crippen molar-refractivity contribution >= 4 is 10.8 Å². The van der Waals surface area contributed by atoms with Crippen molar-refractivity contribution in [3.63, 3.8) is 0 Å². The lowest BCUT2D eigenvalue weighted by molar-refractivity contribution is 1.07. The Bertz CT molecular complexity index is 2600. The molecule has 9 aromatic rings. The van der Waals surface area contributed by atoms with Crippen LogP contribution in [-0.2, 0) is 0 Å². The lowest BCUT2D eigenvalue weighted by Gasteiger charge is -2.11. The first-order valence-corrected chi connectivity index (χ1v) is 17.1. The molecule has 9 rings (SSSR count). The molecular formula is C46H30N6. The van der Waals surface area contributed by atoms with Gasteiger partial charge in [-0.15, -0.1) is 0 Å². The zero-order chi connectivity index (χ0) is 34.7. The molecule has 0 amide bonds. The van der Waals surface area contributed by atoms with Crippen LogP contribution in [0.15, 0.2) is 182 Å². The number of rotatable bonds is 7. The molecular weight excluding hydrogens is 637 g/mol. The Morgan fingerprint density at radius 1 is 0.269 bits per heavy atom. The quantitative estimate of drug-likeness (QED) is 0.168. The van der Waals surface area contributed by atoms with Gasteiger partial charge in [0.15, 0.2) is 23.3 Å². The molecule has 6 nitrogen and oxygen atoms in total. The smallest absolute Gasteiger partial charge is 0.164 e. The van der Waals surface area contributed by atoms with Crippen molar-refractivity contribution < 1.29 is 0 Å². The minimum absolute atomic E-state index is 0.625. The maximum absolute atomic E-state index is 5.07.